The molecule has 6 nitrogen and oxygen atoms in total. The summed E-state index contributed by atoms with van der Waals surface area (Å²) in [6.45, 7) is 3.76. The lowest BCUT2D eigenvalue weighted by Gasteiger charge is -2.31. The zero-order chi connectivity index (χ0) is 17.3. The molecule has 0 aliphatic carbocycles. The van der Waals surface area contributed by atoms with Crippen LogP contribution in [0.4, 0.5) is 4.79 Å². The Balaban J connectivity index is 2.64. The van der Waals surface area contributed by atoms with Crippen molar-refractivity contribution in [2.45, 2.75) is 19.9 Å². The zero-order valence-corrected chi connectivity index (χ0v) is 15.9. The summed E-state index contributed by atoms with van der Waals surface area (Å²) in [6.07, 6.45) is 0. The number of benzene rings is 1. The molecular weight excluding hydrogens is 432 g/mol. The molecular formula is C15H16Br2N2O4. The second-order valence-electron chi connectivity index (χ2n) is 5.34. The van der Waals surface area contributed by atoms with Crippen LogP contribution in [0, 0.1) is 5.92 Å². The Morgan fingerprint density at radius 2 is 1.87 bits per heavy atom. The maximum atomic E-state index is 12.3. The normalized spacial score (nSPS) is 17.8. The van der Waals surface area contributed by atoms with Crippen molar-refractivity contribution in [3.8, 4) is 5.75 Å². The quantitative estimate of drug-likeness (QED) is 0.620. The summed E-state index contributed by atoms with van der Waals surface area (Å²) >= 11 is 6.51. The Labute approximate surface area is 150 Å². The van der Waals surface area contributed by atoms with Crippen LogP contribution in [0.15, 0.2) is 32.3 Å². The van der Waals surface area contributed by atoms with E-state index in [4.69, 9.17) is 4.74 Å². The Morgan fingerprint density at radius 3 is 2.35 bits per heavy atom. The molecule has 0 saturated carbocycles. The van der Waals surface area contributed by atoms with E-state index in [-0.39, 0.29) is 11.7 Å². The molecule has 1 heterocycles. The molecule has 1 aliphatic heterocycles. The van der Waals surface area contributed by atoms with Gasteiger partial charge >= 0.3 is 12.0 Å². The Morgan fingerprint density at radius 1 is 1.30 bits per heavy atom. The molecule has 0 fully saturated rings. The van der Waals surface area contributed by atoms with Gasteiger partial charge in [-0.2, -0.15) is 0 Å². The van der Waals surface area contributed by atoms with E-state index in [1.165, 1.54) is 7.11 Å². The number of urea groups is 1. The van der Waals surface area contributed by atoms with Crippen molar-refractivity contribution in [1.29, 1.82) is 0 Å². The molecule has 0 bridgehead atoms. The van der Waals surface area contributed by atoms with Gasteiger partial charge in [-0.25, -0.2) is 9.59 Å². The van der Waals surface area contributed by atoms with Crippen molar-refractivity contribution in [3.05, 3.63) is 37.9 Å². The molecule has 8 heteroatoms. The minimum absolute atomic E-state index is 0.0432. The number of phenolic OH excluding ortho intramolecular Hbond substituents is 1. The third-order valence-corrected chi connectivity index (χ3v) is 4.67. The predicted molar refractivity (Wildman–Crippen MR) is 91.8 cm³/mol. The molecule has 1 atom stereocenters. The monoisotopic (exact) mass is 446 g/mol. The summed E-state index contributed by atoms with van der Waals surface area (Å²) in [5.74, 6) is -0.546. The number of halogens is 2. The predicted octanol–water partition coefficient (Wildman–Crippen LogP) is 3.35. The van der Waals surface area contributed by atoms with E-state index in [1.54, 1.807) is 12.1 Å². The minimum atomic E-state index is -0.679. The standard InChI is InChI=1S/C15H16Br2N2O4/c1-6(2)11-10(14(21)23-3)12(19-15(22)18-11)7-4-8(16)13(20)9(17)5-7/h4-6,12,20H,1-3H3,(H2,18,19,22). The number of carbonyl (C=O) groups is 2. The van der Waals surface area contributed by atoms with Gasteiger partial charge < -0.3 is 20.5 Å². The van der Waals surface area contributed by atoms with Gasteiger partial charge in [0.25, 0.3) is 0 Å². The summed E-state index contributed by atoms with van der Waals surface area (Å²) in [7, 11) is 1.30. The summed E-state index contributed by atoms with van der Waals surface area (Å²) in [6, 6.07) is 2.22. The van der Waals surface area contributed by atoms with Gasteiger partial charge in [0.1, 0.15) is 5.75 Å². The van der Waals surface area contributed by atoms with Gasteiger partial charge in [-0.05, 0) is 55.5 Å². The number of allylic oxidation sites excluding steroid dienone is 1. The Kier molecular flexibility index (Phi) is 5.36. The first-order valence-electron chi connectivity index (χ1n) is 6.84. The fourth-order valence-corrected chi connectivity index (χ4v) is 3.60. The average molecular weight is 448 g/mol. The summed E-state index contributed by atoms with van der Waals surface area (Å²) in [4.78, 5) is 24.2. The molecule has 1 unspecified atom stereocenters. The van der Waals surface area contributed by atoms with E-state index < -0.39 is 18.0 Å². The van der Waals surface area contributed by atoms with E-state index in [9.17, 15) is 14.7 Å². The number of amides is 2. The molecule has 0 radical (unpaired) electrons. The lowest BCUT2D eigenvalue weighted by Crippen LogP contribution is -2.47. The van der Waals surface area contributed by atoms with Crippen molar-refractivity contribution in [3.63, 3.8) is 0 Å². The van der Waals surface area contributed by atoms with Crippen LogP contribution in [-0.2, 0) is 9.53 Å². The summed E-state index contributed by atoms with van der Waals surface area (Å²) in [5.41, 5.74) is 1.49. The Hall–Kier alpha value is -1.54. The van der Waals surface area contributed by atoms with Crippen LogP contribution in [0.1, 0.15) is 25.5 Å². The highest BCUT2D eigenvalue weighted by molar-refractivity contribution is 9.11. The minimum Gasteiger partial charge on any atom is -0.506 e. The molecule has 1 aromatic carbocycles. The van der Waals surface area contributed by atoms with Crippen LogP contribution in [0.25, 0.3) is 0 Å². The number of hydrogen-bond donors (Lipinski definition) is 3. The lowest BCUT2D eigenvalue weighted by molar-refractivity contribution is -0.136. The van der Waals surface area contributed by atoms with Gasteiger partial charge in [0.15, 0.2) is 0 Å². The molecule has 1 aromatic rings. The molecule has 0 aromatic heterocycles. The van der Waals surface area contributed by atoms with Crippen molar-refractivity contribution in [2.24, 2.45) is 5.92 Å². The van der Waals surface area contributed by atoms with E-state index in [0.29, 0.717) is 25.8 Å². The first-order chi connectivity index (χ1) is 10.8. The van der Waals surface area contributed by atoms with Crippen LogP contribution < -0.4 is 10.6 Å². The molecule has 124 valence electrons. The topological polar surface area (TPSA) is 87.7 Å². The molecule has 3 N–H and O–H groups in total. The number of nitrogens with one attached hydrogen (secondary N) is 2. The van der Waals surface area contributed by atoms with Gasteiger partial charge in [-0.3, -0.25) is 0 Å². The molecule has 2 amide bonds. The zero-order valence-electron chi connectivity index (χ0n) is 12.7. The van der Waals surface area contributed by atoms with Gasteiger partial charge in [0.2, 0.25) is 0 Å². The number of carbonyl (C=O) groups excluding carboxylic acids is 2. The highest BCUT2D eigenvalue weighted by Crippen LogP contribution is 2.38. The molecule has 0 spiro atoms. The molecule has 1 aliphatic rings. The van der Waals surface area contributed by atoms with Gasteiger partial charge in [-0.1, -0.05) is 13.8 Å². The third-order valence-electron chi connectivity index (χ3n) is 3.46. The molecule has 0 saturated heterocycles. The maximum Gasteiger partial charge on any atom is 0.337 e. The van der Waals surface area contributed by atoms with E-state index in [0.717, 1.165) is 0 Å². The number of rotatable bonds is 3. The number of ether oxygens (including phenoxy) is 1. The van der Waals surface area contributed by atoms with Crippen molar-refractivity contribution in [1.82, 2.24) is 10.6 Å². The first-order valence-corrected chi connectivity index (χ1v) is 8.42. The number of esters is 1. The van der Waals surface area contributed by atoms with Crippen LogP contribution in [0.5, 0.6) is 5.75 Å². The average Bonchev–Trinajstić information content (AvgIpc) is 2.50. The maximum absolute atomic E-state index is 12.3. The first kappa shape index (κ1) is 17.8. The third kappa shape index (κ3) is 3.53. The highest BCUT2D eigenvalue weighted by atomic mass is 79.9. The number of hydrogen-bond acceptors (Lipinski definition) is 4. The SMILES string of the molecule is COC(=O)C1=C(C(C)C)NC(=O)NC1c1cc(Br)c(O)c(Br)c1. The van der Waals surface area contributed by atoms with Gasteiger partial charge in [-0.15, -0.1) is 0 Å². The number of methoxy groups -OCH3 is 1. The number of aromatic hydroxyl groups is 1. The fraction of sp³-hybridized carbons (Fsp3) is 0.333. The molecule has 23 heavy (non-hydrogen) atoms. The van der Waals surface area contributed by atoms with Crippen LogP contribution in [-0.4, -0.2) is 24.2 Å². The summed E-state index contributed by atoms with van der Waals surface area (Å²) < 4.78 is 5.78. The van der Waals surface area contributed by atoms with Crippen LogP contribution >= 0.6 is 31.9 Å². The van der Waals surface area contributed by atoms with Crippen LogP contribution in [0.3, 0.4) is 0 Å². The highest BCUT2D eigenvalue weighted by Gasteiger charge is 2.34. The smallest absolute Gasteiger partial charge is 0.337 e. The van der Waals surface area contributed by atoms with E-state index in [1.807, 2.05) is 13.8 Å². The molecule has 2 rings (SSSR count). The lowest BCUT2D eigenvalue weighted by atomic mass is 9.91. The van der Waals surface area contributed by atoms with Gasteiger partial charge in [0.05, 0.1) is 27.7 Å². The Bertz CT molecular complexity index is 678. The van der Waals surface area contributed by atoms with Gasteiger partial charge in [0, 0.05) is 5.70 Å². The van der Waals surface area contributed by atoms with Crippen molar-refractivity contribution >= 4 is 43.9 Å². The van der Waals surface area contributed by atoms with E-state index >= 15 is 0 Å². The van der Waals surface area contributed by atoms with Crippen molar-refractivity contribution < 1.29 is 19.4 Å². The number of phenols is 1. The van der Waals surface area contributed by atoms with Crippen molar-refractivity contribution in [2.75, 3.05) is 7.11 Å². The van der Waals surface area contributed by atoms with E-state index in [2.05, 4.69) is 42.5 Å². The van der Waals surface area contributed by atoms with Crippen LogP contribution in [0.2, 0.25) is 0 Å². The largest absolute Gasteiger partial charge is 0.506 e. The second-order valence-corrected chi connectivity index (χ2v) is 7.05. The fourth-order valence-electron chi connectivity index (χ4n) is 2.38. The second kappa shape index (κ2) is 6.92. The summed E-state index contributed by atoms with van der Waals surface area (Å²) in [5, 5.41) is 15.2.